The van der Waals surface area contributed by atoms with Crippen molar-refractivity contribution in [3.05, 3.63) is 29.8 Å². The highest BCUT2D eigenvalue weighted by molar-refractivity contribution is 5.86. The van der Waals surface area contributed by atoms with E-state index in [1.165, 1.54) is 26.1 Å². The monoisotopic (exact) mass is 349 g/mol. The van der Waals surface area contributed by atoms with Crippen LogP contribution in [-0.4, -0.2) is 39.6 Å². The number of alkyl halides is 3. The first kappa shape index (κ1) is 19.6. The number of hydrogen-bond donors (Lipinski definition) is 3. The van der Waals surface area contributed by atoms with Gasteiger partial charge in [0.1, 0.15) is 11.4 Å². The molecule has 1 aromatic carbocycles. The van der Waals surface area contributed by atoms with Crippen LogP contribution < -0.4 is 5.32 Å². The first-order chi connectivity index (χ1) is 10.8. The molecule has 0 aliphatic rings. The van der Waals surface area contributed by atoms with E-state index in [0.29, 0.717) is 0 Å². The predicted octanol–water partition coefficient (Wildman–Crippen LogP) is 2.85. The second-order valence-corrected chi connectivity index (χ2v) is 6.18. The minimum absolute atomic E-state index is 0.0383. The van der Waals surface area contributed by atoms with Gasteiger partial charge < -0.3 is 14.9 Å². The summed E-state index contributed by atoms with van der Waals surface area (Å²) >= 11 is 0. The van der Waals surface area contributed by atoms with Crippen LogP contribution in [0.5, 0.6) is 5.75 Å². The molecule has 0 aliphatic heterocycles. The molecule has 0 radical (unpaired) electrons. The predicted molar refractivity (Wildman–Crippen MR) is 77.6 cm³/mol. The number of carboxylic acids is 1. The van der Waals surface area contributed by atoms with Crippen LogP contribution in [0, 0.1) is 0 Å². The Morgan fingerprint density at radius 1 is 1.12 bits per heavy atom. The minimum Gasteiger partial charge on any atom is -0.508 e. The molecule has 1 amide bonds. The number of carboxylic acid groups (broad SMARTS) is 1. The average Bonchev–Trinajstić information content (AvgIpc) is 2.36. The van der Waals surface area contributed by atoms with Crippen LogP contribution in [0.25, 0.3) is 0 Å². The summed E-state index contributed by atoms with van der Waals surface area (Å²) in [5.41, 5.74) is -4.70. The molecule has 1 rings (SSSR count). The first-order valence-electron chi connectivity index (χ1n) is 6.86. The molecular weight excluding hydrogens is 331 g/mol. The molecule has 0 fully saturated rings. The number of aliphatic carboxylic acids is 1. The number of amides is 1. The second-order valence-electron chi connectivity index (χ2n) is 6.18. The third-order valence-corrected chi connectivity index (χ3v) is 2.97. The third-order valence-electron chi connectivity index (χ3n) is 2.97. The van der Waals surface area contributed by atoms with Gasteiger partial charge in [-0.2, -0.15) is 13.2 Å². The van der Waals surface area contributed by atoms with Gasteiger partial charge in [0.05, 0.1) is 0 Å². The van der Waals surface area contributed by atoms with Crippen molar-refractivity contribution in [1.29, 1.82) is 0 Å². The van der Waals surface area contributed by atoms with Crippen molar-refractivity contribution in [2.45, 2.75) is 44.5 Å². The summed E-state index contributed by atoms with van der Waals surface area (Å²) in [6.45, 7) is 4.30. The highest BCUT2D eigenvalue weighted by Gasteiger charge is 2.62. The summed E-state index contributed by atoms with van der Waals surface area (Å²) in [6.07, 6.45) is -7.85. The number of aromatic hydroxyl groups is 1. The number of benzene rings is 1. The van der Waals surface area contributed by atoms with Gasteiger partial charge in [-0.3, -0.25) is 5.32 Å². The van der Waals surface area contributed by atoms with Crippen molar-refractivity contribution in [2.75, 3.05) is 0 Å². The fourth-order valence-electron chi connectivity index (χ4n) is 1.86. The van der Waals surface area contributed by atoms with E-state index in [0.717, 1.165) is 24.3 Å². The summed E-state index contributed by atoms with van der Waals surface area (Å²) in [6, 6.07) is 4.50. The van der Waals surface area contributed by atoms with Crippen LogP contribution in [0.1, 0.15) is 26.3 Å². The lowest BCUT2D eigenvalue weighted by Crippen LogP contribution is -2.65. The topological polar surface area (TPSA) is 95.9 Å². The van der Waals surface area contributed by atoms with Crippen molar-refractivity contribution in [3.8, 4) is 5.75 Å². The molecule has 9 heteroatoms. The van der Waals surface area contributed by atoms with E-state index in [-0.39, 0.29) is 11.3 Å². The second kappa shape index (κ2) is 6.58. The summed E-state index contributed by atoms with van der Waals surface area (Å²) in [5, 5.41) is 19.8. The van der Waals surface area contributed by atoms with E-state index in [9.17, 15) is 27.9 Å². The number of halogens is 3. The van der Waals surface area contributed by atoms with Crippen LogP contribution in [0.15, 0.2) is 24.3 Å². The molecule has 6 nitrogen and oxygen atoms in total. The fourth-order valence-corrected chi connectivity index (χ4v) is 1.86. The number of phenolic OH excluding ortho intramolecular Hbond substituents is 1. The Labute approximate surface area is 136 Å². The Morgan fingerprint density at radius 3 is 2.00 bits per heavy atom. The quantitative estimate of drug-likeness (QED) is 0.777. The molecule has 3 N–H and O–H groups in total. The van der Waals surface area contributed by atoms with Gasteiger partial charge in [-0.15, -0.1) is 0 Å². The number of nitrogens with one attached hydrogen (secondary N) is 1. The van der Waals surface area contributed by atoms with E-state index in [2.05, 4.69) is 0 Å². The first-order valence-corrected chi connectivity index (χ1v) is 6.86. The van der Waals surface area contributed by atoms with Gasteiger partial charge in [0.25, 0.3) is 0 Å². The zero-order valence-electron chi connectivity index (χ0n) is 13.3. The van der Waals surface area contributed by atoms with E-state index in [1.54, 1.807) is 0 Å². The van der Waals surface area contributed by atoms with Crippen molar-refractivity contribution < 1.29 is 37.7 Å². The Hall–Kier alpha value is -2.45. The molecule has 0 spiro atoms. The lowest BCUT2D eigenvalue weighted by molar-refractivity contribution is -0.208. The molecule has 0 saturated carbocycles. The number of carbonyl (C=O) groups excluding carboxylic acids is 1. The van der Waals surface area contributed by atoms with Gasteiger partial charge in [0, 0.05) is 6.42 Å². The summed E-state index contributed by atoms with van der Waals surface area (Å²) in [5.74, 6) is -2.46. The molecule has 0 aromatic heterocycles. The maximum atomic E-state index is 13.5. The van der Waals surface area contributed by atoms with Gasteiger partial charge in [-0.1, -0.05) is 12.1 Å². The minimum atomic E-state index is -5.28. The van der Waals surface area contributed by atoms with E-state index in [4.69, 9.17) is 9.84 Å². The van der Waals surface area contributed by atoms with E-state index < -0.39 is 35.8 Å². The SMILES string of the molecule is CC(C)(C)OC(=O)NC(Cc1ccc(O)cc1)(C(=O)O)C(F)(F)F. The van der Waals surface area contributed by atoms with Crippen molar-refractivity contribution in [2.24, 2.45) is 0 Å². The molecule has 1 aromatic rings. The van der Waals surface area contributed by atoms with Crippen molar-refractivity contribution >= 4 is 12.1 Å². The normalized spacial score (nSPS) is 14.6. The van der Waals surface area contributed by atoms with Crippen molar-refractivity contribution in [1.82, 2.24) is 5.32 Å². The van der Waals surface area contributed by atoms with Gasteiger partial charge >= 0.3 is 18.2 Å². The van der Waals surface area contributed by atoms with Crippen LogP contribution in [0.2, 0.25) is 0 Å². The van der Waals surface area contributed by atoms with E-state index in [1.807, 2.05) is 0 Å². The summed E-state index contributed by atoms with van der Waals surface area (Å²) < 4.78 is 45.2. The molecule has 0 bridgehead atoms. The molecular formula is C15H18F3NO5. The lowest BCUT2D eigenvalue weighted by atomic mass is 9.90. The zero-order chi connectivity index (χ0) is 18.8. The summed E-state index contributed by atoms with van der Waals surface area (Å²) in [7, 11) is 0. The van der Waals surface area contributed by atoms with Gasteiger partial charge in [-0.25, -0.2) is 9.59 Å². The number of ether oxygens (including phenoxy) is 1. The molecule has 0 heterocycles. The molecule has 1 atom stereocenters. The number of hydrogen-bond acceptors (Lipinski definition) is 4. The van der Waals surface area contributed by atoms with Crippen LogP contribution >= 0.6 is 0 Å². The number of phenols is 1. The van der Waals surface area contributed by atoms with Crippen molar-refractivity contribution in [3.63, 3.8) is 0 Å². The number of carbonyl (C=O) groups is 2. The third kappa shape index (κ3) is 4.77. The number of alkyl carbamates (subject to hydrolysis) is 1. The standard InChI is InChI=1S/C15H18F3NO5/c1-13(2,3)24-12(23)19-14(11(21)22,15(16,17)18)8-9-4-6-10(20)7-5-9/h4-7,20H,8H2,1-3H3,(H,19,23)(H,21,22). The Balaban J connectivity index is 3.22. The van der Waals surface area contributed by atoms with Crippen LogP contribution in [0.4, 0.5) is 18.0 Å². The molecule has 134 valence electrons. The molecule has 0 aliphatic carbocycles. The Morgan fingerprint density at radius 2 is 1.62 bits per heavy atom. The highest BCUT2D eigenvalue weighted by atomic mass is 19.4. The molecule has 24 heavy (non-hydrogen) atoms. The fraction of sp³-hybridized carbons (Fsp3) is 0.467. The lowest BCUT2D eigenvalue weighted by Gasteiger charge is -2.33. The van der Waals surface area contributed by atoms with Crippen LogP contribution in [-0.2, 0) is 16.0 Å². The maximum absolute atomic E-state index is 13.5. The summed E-state index contributed by atoms with van der Waals surface area (Å²) in [4.78, 5) is 23.1. The Bertz CT molecular complexity index is 607. The highest BCUT2D eigenvalue weighted by Crippen LogP contribution is 2.34. The van der Waals surface area contributed by atoms with Gasteiger partial charge in [0.2, 0.25) is 5.54 Å². The van der Waals surface area contributed by atoms with Gasteiger partial charge in [-0.05, 0) is 38.5 Å². The average molecular weight is 349 g/mol. The Kier molecular flexibility index (Phi) is 5.37. The molecule has 0 saturated heterocycles. The van der Waals surface area contributed by atoms with Crippen LogP contribution in [0.3, 0.4) is 0 Å². The largest absolute Gasteiger partial charge is 0.508 e. The van der Waals surface area contributed by atoms with Gasteiger partial charge in [0.15, 0.2) is 0 Å². The van der Waals surface area contributed by atoms with E-state index >= 15 is 0 Å². The smallest absolute Gasteiger partial charge is 0.422 e. The number of rotatable bonds is 4. The zero-order valence-corrected chi connectivity index (χ0v) is 13.3. The maximum Gasteiger partial charge on any atom is 0.422 e. The molecule has 1 unspecified atom stereocenters.